The van der Waals surface area contributed by atoms with Crippen LogP contribution in [-0.2, 0) is 9.53 Å². The van der Waals surface area contributed by atoms with Crippen molar-refractivity contribution in [3.05, 3.63) is 53.3 Å². The second-order valence-corrected chi connectivity index (χ2v) is 5.01. The summed E-state index contributed by atoms with van der Waals surface area (Å²) in [5, 5.41) is 5.36. The van der Waals surface area contributed by atoms with Crippen molar-refractivity contribution < 1.29 is 19.1 Å². The molecule has 2 amide bonds. The van der Waals surface area contributed by atoms with Gasteiger partial charge in [-0.2, -0.15) is 0 Å². The third kappa shape index (κ3) is 3.91. The predicted molar refractivity (Wildman–Crippen MR) is 85.9 cm³/mol. The molecule has 1 aliphatic rings. The minimum atomic E-state index is -0.586. The van der Waals surface area contributed by atoms with Gasteiger partial charge in [-0.15, -0.1) is 0 Å². The molecule has 1 heterocycles. The summed E-state index contributed by atoms with van der Waals surface area (Å²) < 4.78 is 10.4. The zero-order chi connectivity index (χ0) is 16.8. The van der Waals surface area contributed by atoms with Gasteiger partial charge in [0.1, 0.15) is 12.4 Å². The van der Waals surface area contributed by atoms with Crippen molar-refractivity contribution >= 4 is 12.0 Å². The Morgan fingerprint density at radius 3 is 2.87 bits per heavy atom. The summed E-state index contributed by atoms with van der Waals surface area (Å²) in [4.78, 5) is 24.2. The Balaban J connectivity index is 2.35. The minimum absolute atomic E-state index is 0.185. The van der Waals surface area contributed by atoms with Gasteiger partial charge in [-0.1, -0.05) is 24.3 Å². The minimum Gasteiger partial charge on any atom is -0.497 e. The van der Waals surface area contributed by atoms with E-state index in [1.807, 2.05) is 13.0 Å². The molecule has 6 heteroatoms. The first-order valence-corrected chi connectivity index (χ1v) is 7.27. The van der Waals surface area contributed by atoms with E-state index in [1.54, 1.807) is 44.4 Å². The average Bonchev–Trinajstić information content (AvgIpc) is 2.54. The highest BCUT2D eigenvalue weighted by molar-refractivity contribution is 5.95. The van der Waals surface area contributed by atoms with Gasteiger partial charge >= 0.3 is 12.0 Å². The summed E-state index contributed by atoms with van der Waals surface area (Å²) in [6.07, 6.45) is 3.54. The van der Waals surface area contributed by atoms with E-state index in [4.69, 9.17) is 9.47 Å². The van der Waals surface area contributed by atoms with Crippen molar-refractivity contribution in [1.82, 2.24) is 10.6 Å². The summed E-state index contributed by atoms with van der Waals surface area (Å²) in [7, 11) is 1.56. The molecule has 0 saturated heterocycles. The van der Waals surface area contributed by atoms with Gasteiger partial charge < -0.3 is 20.1 Å². The van der Waals surface area contributed by atoms with Gasteiger partial charge in [0.2, 0.25) is 0 Å². The summed E-state index contributed by atoms with van der Waals surface area (Å²) >= 11 is 0. The number of carbonyl (C=O) groups excluding carboxylic acids is 2. The average molecular weight is 316 g/mol. The third-order valence-electron chi connectivity index (χ3n) is 3.46. The van der Waals surface area contributed by atoms with E-state index in [9.17, 15) is 9.59 Å². The summed E-state index contributed by atoms with van der Waals surface area (Å²) in [6, 6.07) is 6.26. The number of nitrogens with one attached hydrogen (secondary N) is 2. The number of esters is 1. The van der Waals surface area contributed by atoms with Crippen molar-refractivity contribution in [1.29, 1.82) is 0 Å². The van der Waals surface area contributed by atoms with Crippen molar-refractivity contribution in [3.8, 4) is 5.75 Å². The lowest BCUT2D eigenvalue weighted by Gasteiger charge is -2.28. The fraction of sp³-hybridized carbons (Fsp3) is 0.294. The van der Waals surface area contributed by atoms with Gasteiger partial charge in [0.05, 0.1) is 18.7 Å². The number of methoxy groups -OCH3 is 1. The topological polar surface area (TPSA) is 76.7 Å². The Bertz CT molecular complexity index is 664. The van der Waals surface area contributed by atoms with Crippen LogP contribution in [0.1, 0.15) is 25.5 Å². The smallest absolute Gasteiger partial charge is 0.338 e. The highest BCUT2D eigenvalue weighted by atomic mass is 16.5. The summed E-state index contributed by atoms with van der Waals surface area (Å²) in [6.45, 7) is 3.71. The van der Waals surface area contributed by atoms with Crippen LogP contribution in [0.25, 0.3) is 0 Å². The first-order valence-electron chi connectivity index (χ1n) is 7.27. The van der Waals surface area contributed by atoms with Crippen molar-refractivity contribution in [2.45, 2.75) is 19.9 Å². The predicted octanol–water partition coefficient (Wildman–Crippen LogP) is 2.44. The van der Waals surface area contributed by atoms with Crippen molar-refractivity contribution in [2.24, 2.45) is 0 Å². The fourth-order valence-corrected chi connectivity index (χ4v) is 2.33. The maximum atomic E-state index is 12.4. The van der Waals surface area contributed by atoms with E-state index in [1.165, 1.54) is 0 Å². The van der Waals surface area contributed by atoms with Crippen LogP contribution in [0.15, 0.2) is 47.7 Å². The first-order chi connectivity index (χ1) is 11.1. The molecule has 1 atom stereocenters. The molecule has 0 spiro atoms. The van der Waals surface area contributed by atoms with Crippen LogP contribution >= 0.6 is 0 Å². The molecule has 0 radical (unpaired) electrons. The van der Waals surface area contributed by atoms with E-state index in [0.717, 1.165) is 5.56 Å². The molecular formula is C17H20N2O4. The van der Waals surface area contributed by atoms with Crippen LogP contribution in [0.4, 0.5) is 4.79 Å². The number of rotatable bonds is 5. The SMILES string of the molecule is C/C=C/COC(=O)C1=C(C)NC(=O)NC1c1cccc(OC)c1. The molecule has 0 aliphatic carbocycles. The molecule has 2 N–H and O–H groups in total. The van der Waals surface area contributed by atoms with E-state index in [-0.39, 0.29) is 12.6 Å². The van der Waals surface area contributed by atoms with Crippen LogP contribution in [0.5, 0.6) is 5.75 Å². The van der Waals surface area contributed by atoms with Crippen LogP contribution < -0.4 is 15.4 Å². The van der Waals surface area contributed by atoms with Gasteiger partial charge in [-0.25, -0.2) is 9.59 Å². The molecule has 0 aromatic heterocycles. The fourth-order valence-electron chi connectivity index (χ4n) is 2.33. The Labute approximate surface area is 135 Å². The van der Waals surface area contributed by atoms with Crippen LogP contribution in [0.2, 0.25) is 0 Å². The maximum absolute atomic E-state index is 12.4. The molecule has 122 valence electrons. The van der Waals surface area contributed by atoms with Crippen molar-refractivity contribution in [2.75, 3.05) is 13.7 Å². The zero-order valence-electron chi connectivity index (χ0n) is 13.4. The molecule has 1 aromatic rings. The number of carbonyl (C=O) groups is 2. The lowest BCUT2D eigenvalue weighted by Crippen LogP contribution is -2.45. The number of benzene rings is 1. The van der Waals surface area contributed by atoms with Crippen molar-refractivity contribution in [3.63, 3.8) is 0 Å². The molecule has 2 rings (SSSR count). The van der Waals surface area contributed by atoms with Crippen LogP contribution in [0, 0.1) is 0 Å². The number of ether oxygens (including phenoxy) is 2. The number of hydrogen-bond donors (Lipinski definition) is 2. The molecule has 1 aliphatic heterocycles. The van der Waals surface area contributed by atoms with Gasteiger partial charge in [0.25, 0.3) is 0 Å². The molecule has 0 fully saturated rings. The van der Waals surface area contributed by atoms with Gasteiger partial charge in [-0.05, 0) is 31.5 Å². The van der Waals surface area contributed by atoms with Gasteiger partial charge in [-0.3, -0.25) is 0 Å². The maximum Gasteiger partial charge on any atom is 0.338 e. The van der Waals surface area contributed by atoms with Crippen LogP contribution in [0.3, 0.4) is 0 Å². The largest absolute Gasteiger partial charge is 0.497 e. The van der Waals surface area contributed by atoms with E-state index >= 15 is 0 Å². The highest BCUT2D eigenvalue weighted by Gasteiger charge is 2.32. The molecular weight excluding hydrogens is 296 g/mol. The standard InChI is InChI=1S/C17H20N2O4/c1-4-5-9-23-16(20)14-11(2)18-17(21)19-15(14)12-7-6-8-13(10-12)22-3/h4-8,10,15H,9H2,1-3H3,(H2,18,19,21)/b5-4+. The quantitative estimate of drug-likeness (QED) is 0.646. The van der Waals surface area contributed by atoms with Gasteiger partial charge in [0.15, 0.2) is 0 Å². The normalized spacial score (nSPS) is 17.7. The van der Waals surface area contributed by atoms with E-state index < -0.39 is 12.0 Å². The first kappa shape index (κ1) is 16.6. The van der Waals surface area contributed by atoms with Crippen LogP contribution in [-0.4, -0.2) is 25.7 Å². The van der Waals surface area contributed by atoms with E-state index in [2.05, 4.69) is 10.6 Å². The number of hydrogen-bond acceptors (Lipinski definition) is 4. The summed E-state index contributed by atoms with van der Waals surface area (Å²) in [5.74, 6) is 0.176. The van der Waals surface area contributed by atoms with E-state index in [0.29, 0.717) is 17.0 Å². The third-order valence-corrected chi connectivity index (χ3v) is 3.46. The lowest BCUT2D eigenvalue weighted by atomic mass is 9.95. The Kier molecular flexibility index (Phi) is 5.41. The molecule has 6 nitrogen and oxygen atoms in total. The molecule has 0 bridgehead atoms. The second-order valence-electron chi connectivity index (χ2n) is 5.01. The Hall–Kier alpha value is -2.76. The van der Waals surface area contributed by atoms with Gasteiger partial charge in [0, 0.05) is 5.70 Å². The summed E-state index contributed by atoms with van der Waals surface area (Å²) in [5.41, 5.74) is 1.60. The zero-order valence-corrected chi connectivity index (χ0v) is 13.4. The lowest BCUT2D eigenvalue weighted by molar-refractivity contribution is -0.138. The molecule has 0 saturated carbocycles. The number of urea groups is 1. The Morgan fingerprint density at radius 2 is 2.17 bits per heavy atom. The molecule has 23 heavy (non-hydrogen) atoms. The monoisotopic (exact) mass is 316 g/mol. The Morgan fingerprint density at radius 1 is 1.39 bits per heavy atom. The number of allylic oxidation sites excluding steroid dienone is 2. The molecule has 1 aromatic carbocycles. The number of amides is 2. The second kappa shape index (κ2) is 7.49. The molecule has 1 unspecified atom stereocenters. The highest BCUT2D eigenvalue weighted by Crippen LogP contribution is 2.29.